The number of carbonyl (C=O) groups excluding carboxylic acids is 1. The number of ether oxygens (including phenoxy) is 1. The molecular formula is C19H31N3O2. The van der Waals surface area contributed by atoms with Crippen molar-refractivity contribution in [3.8, 4) is 5.75 Å². The smallest absolute Gasteiger partial charge is 0.269 e. The summed E-state index contributed by atoms with van der Waals surface area (Å²) in [4.78, 5) is 12.5. The first kappa shape index (κ1) is 18.6. The zero-order valence-electron chi connectivity index (χ0n) is 14.9. The molecule has 5 nitrogen and oxygen atoms in total. The monoisotopic (exact) mass is 333 g/mol. The average Bonchev–Trinajstić information content (AvgIpc) is 3.08. The van der Waals surface area contributed by atoms with Crippen LogP contribution in [0.5, 0.6) is 5.75 Å². The van der Waals surface area contributed by atoms with Crippen molar-refractivity contribution < 1.29 is 9.53 Å². The first-order chi connectivity index (χ1) is 11.7. The molecule has 0 bridgehead atoms. The predicted molar refractivity (Wildman–Crippen MR) is 98.0 cm³/mol. The van der Waals surface area contributed by atoms with Crippen LogP contribution in [0.1, 0.15) is 68.6 Å². The maximum absolute atomic E-state index is 12.5. The molecule has 134 valence electrons. The number of unbranched alkanes of at least 4 members (excludes halogenated alkanes) is 5. The van der Waals surface area contributed by atoms with Crippen molar-refractivity contribution in [1.82, 2.24) is 10.4 Å². The Morgan fingerprint density at radius 1 is 1.17 bits per heavy atom. The van der Waals surface area contributed by atoms with Crippen molar-refractivity contribution in [1.29, 1.82) is 0 Å². The summed E-state index contributed by atoms with van der Waals surface area (Å²) in [5.74, 6) is 0.483. The van der Waals surface area contributed by atoms with Gasteiger partial charge in [0.1, 0.15) is 5.75 Å². The van der Waals surface area contributed by atoms with E-state index in [4.69, 9.17) is 10.5 Å². The van der Waals surface area contributed by atoms with E-state index in [0.29, 0.717) is 23.6 Å². The lowest BCUT2D eigenvalue weighted by Crippen LogP contribution is -2.40. The largest absolute Gasteiger partial charge is 0.493 e. The van der Waals surface area contributed by atoms with Gasteiger partial charge in [-0.3, -0.25) is 10.2 Å². The minimum absolute atomic E-state index is 0.137. The molecule has 1 saturated heterocycles. The number of nitrogens with two attached hydrogens (primary N) is 1. The Labute approximate surface area is 145 Å². The van der Waals surface area contributed by atoms with Crippen LogP contribution in [0, 0.1) is 0 Å². The lowest BCUT2D eigenvalue weighted by Gasteiger charge is -2.18. The molecule has 24 heavy (non-hydrogen) atoms. The first-order valence-corrected chi connectivity index (χ1v) is 9.29. The van der Waals surface area contributed by atoms with Gasteiger partial charge in [0, 0.05) is 18.8 Å². The third kappa shape index (κ3) is 6.04. The Morgan fingerprint density at radius 3 is 2.62 bits per heavy atom. The molecule has 0 atom stereocenters. The van der Waals surface area contributed by atoms with Crippen LogP contribution in [-0.2, 0) is 0 Å². The summed E-state index contributed by atoms with van der Waals surface area (Å²) in [7, 11) is 0. The van der Waals surface area contributed by atoms with Crippen LogP contribution in [0.4, 0.5) is 5.69 Å². The van der Waals surface area contributed by atoms with Crippen molar-refractivity contribution in [3.63, 3.8) is 0 Å². The molecule has 0 aliphatic carbocycles. The van der Waals surface area contributed by atoms with Crippen molar-refractivity contribution >= 4 is 11.6 Å². The van der Waals surface area contributed by atoms with Gasteiger partial charge in [-0.25, -0.2) is 5.01 Å². The molecule has 0 unspecified atom stereocenters. The summed E-state index contributed by atoms with van der Waals surface area (Å²) in [6.45, 7) is 4.67. The fraction of sp³-hybridized carbons (Fsp3) is 0.632. The molecule has 2 rings (SSSR count). The topological polar surface area (TPSA) is 67.6 Å². The number of hydrogen-bond acceptors (Lipinski definition) is 4. The molecule has 1 aromatic rings. The van der Waals surface area contributed by atoms with Crippen LogP contribution in [0.2, 0.25) is 0 Å². The minimum Gasteiger partial charge on any atom is -0.493 e. The van der Waals surface area contributed by atoms with Gasteiger partial charge in [-0.05, 0) is 37.5 Å². The number of nitrogens with one attached hydrogen (secondary N) is 1. The van der Waals surface area contributed by atoms with Crippen molar-refractivity contribution in [2.45, 2.75) is 58.3 Å². The molecule has 1 fully saturated rings. The normalized spacial score (nSPS) is 14.7. The van der Waals surface area contributed by atoms with Gasteiger partial charge in [-0.1, -0.05) is 39.0 Å². The van der Waals surface area contributed by atoms with Gasteiger partial charge >= 0.3 is 0 Å². The third-order valence-corrected chi connectivity index (χ3v) is 4.37. The van der Waals surface area contributed by atoms with Crippen LogP contribution < -0.4 is 15.9 Å². The first-order valence-electron chi connectivity index (χ1n) is 9.29. The summed E-state index contributed by atoms with van der Waals surface area (Å²) in [6, 6.07) is 5.27. The molecule has 0 radical (unpaired) electrons. The van der Waals surface area contributed by atoms with E-state index in [0.717, 1.165) is 32.4 Å². The number of benzene rings is 1. The molecule has 1 aromatic carbocycles. The fourth-order valence-corrected chi connectivity index (χ4v) is 2.95. The second-order valence-electron chi connectivity index (χ2n) is 6.51. The number of carbonyl (C=O) groups is 1. The number of rotatable bonds is 10. The Kier molecular flexibility index (Phi) is 7.89. The van der Waals surface area contributed by atoms with Gasteiger partial charge in [-0.15, -0.1) is 0 Å². The van der Waals surface area contributed by atoms with E-state index in [2.05, 4.69) is 12.3 Å². The maximum atomic E-state index is 12.5. The lowest BCUT2D eigenvalue weighted by atomic mass is 10.1. The molecular weight excluding hydrogens is 302 g/mol. The standard InChI is InChI=1S/C19H31N3O2/c1-2-3-4-5-6-9-14-24-18-11-10-16(20)15-17(18)19(23)21-22-12-7-8-13-22/h10-11,15H,2-9,12-14,20H2,1H3,(H,21,23). The second kappa shape index (κ2) is 10.2. The Morgan fingerprint density at radius 2 is 1.88 bits per heavy atom. The van der Waals surface area contributed by atoms with Gasteiger partial charge in [0.05, 0.1) is 12.2 Å². The van der Waals surface area contributed by atoms with E-state index in [1.807, 2.05) is 5.01 Å². The van der Waals surface area contributed by atoms with Crippen LogP contribution in [0.15, 0.2) is 18.2 Å². The van der Waals surface area contributed by atoms with Crippen LogP contribution >= 0.6 is 0 Å². The van der Waals surface area contributed by atoms with Crippen molar-refractivity contribution in [2.24, 2.45) is 0 Å². The Hall–Kier alpha value is -1.75. The number of hydrogen-bond donors (Lipinski definition) is 2. The summed E-state index contributed by atoms with van der Waals surface area (Å²) < 4.78 is 5.85. The molecule has 0 saturated carbocycles. The van der Waals surface area contributed by atoms with E-state index in [-0.39, 0.29) is 5.91 Å². The number of nitrogens with zero attached hydrogens (tertiary/aromatic N) is 1. The molecule has 5 heteroatoms. The van der Waals surface area contributed by atoms with Crippen LogP contribution in [0.3, 0.4) is 0 Å². The second-order valence-corrected chi connectivity index (χ2v) is 6.51. The van der Waals surface area contributed by atoms with Crippen molar-refractivity contribution in [2.75, 3.05) is 25.4 Å². The van der Waals surface area contributed by atoms with E-state index in [9.17, 15) is 4.79 Å². The molecule has 1 amide bonds. The highest BCUT2D eigenvalue weighted by Crippen LogP contribution is 2.22. The van der Waals surface area contributed by atoms with Gasteiger partial charge < -0.3 is 10.5 Å². The average molecular weight is 333 g/mol. The summed E-state index contributed by atoms with van der Waals surface area (Å²) in [6.07, 6.45) is 9.54. The third-order valence-electron chi connectivity index (χ3n) is 4.37. The van der Waals surface area contributed by atoms with E-state index < -0.39 is 0 Å². The predicted octanol–water partition coefficient (Wildman–Crippen LogP) is 3.75. The van der Waals surface area contributed by atoms with Crippen molar-refractivity contribution in [3.05, 3.63) is 23.8 Å². The highest BCUT2D eigenvalue weighted by molar-refractivity contribution is 5.97. The van der Waals surface area contributed by atoms with E-state index in [1.165, 1.54) is 32.1 Å². The Balaban J connectivity index is 1.83. The van der Waals surface area contributed by atoms with Crippen LogP contribution in [0.25, 0.3) is 0 Å². The number of hydrazine groups is 1. The highest BCUT2D eigenvalue weighted by atomic mass is 16.5. The SMILES string of the molecule is CCCCCCCCOc1ccc(N)cc1C(=O)NN1CCCC1. The summed E-state index contributed by atoms with van der Waals surface area (Å²) in [5, 5.41) is 1.96. The lowest BCUT2D eigenvalue weighted by molar-refractivity contribution is 0.0821. The van der Waals surface area contributed by atoms with Gasteiger partial charge in [0.2, 0.25) is 0 Å². The number of nitrogen functional groups attached to an aromatic ring is 1. The highest BCUT2D eigenvalue weighted by Gasteiger charge is 2.18. The zero-order valence-corrected chi connectivity index (χ0v) is 14.9. The molecule has 1 heterocycles. The van der Waals surface area contributed by atoms with Gasteiger partial charge in [-0.2, -0.15) is 0 Å². The van der Waals surface area contributed by atoms with Gasteiger partial charge in [0.25, 0.3) is 5.91 Å². The number of amides is 1. The minimum atomic E-state index is -0.137. The zero-order chi connectivity index (χ0) is 17.2. The fourth-order valence-electron chi connectivity index (χ4n) is 2.95. The summed E-state index contributed by atoms with van der Waals surface area (Å²) in [5.41, 5.74) is 9.89. The van der Waals surface area contributed by atoms with Crippen LogP contribution in [-0.4, -0.2) is 30.6 Å². The molecule has 0 spiro atoms. The summed E-state index contributed by atoms with van der Waals surface area (Å²) >= 11 is 0. The molecule has 0 aromatic heterocycles. The molecule has 3 N–H and O–H groups in total. The molecule has 1 aliphatic heterocycles. The Bertz CT molecular complexity index is 513. The molecule has 1 aliphatic rings. The quantitative estimate of drug-likeness (QED) is 0.505. The van der Waals surface area contributed by atoms with Gasteiger partial charge in [0.15, 0.2) is 0 Å². The number of anilines is 1. The van der Waals surface area contributed by atoms with E-state index >= 15 is 0 Å². The van der Waals surface area contributed by atoms with E-state index in [1.54, 1.807) is 18.2 Å². The maximum Gasteiger partial charge on any atom is 0.269 e.